The lowest BCUT2D eigenvalue weighted by Gasteiger charge is -2.23. The summed E-state index contributed by atoms with van der Waals surface area (Å²) in [5.74, 6) is 1.46. The van der Waals surface area contributed by atoms with Crippen LogP contribution < -0.4 is 4.90 Å². The van der Waals surface area contributed by atoms with Crippen LogP contribution in [0.2, 0.25) is 0 Å². The van der Waals surface area contributed by atoms with Crippen LogP contribution in [0.1, 0.15) is 12.0 Å². The summed E-state index contributed by atoms with van der Waals surface area (Å²) in [6, 6.07) is 8.91. The molecular weight excluding hydrogens is 326 g/mol. The van der Waals surface area contributed by atoms with Gasteiger partial charge in [0, 0.05) is 37.9 Å². The zero-order chi connectivity index (χ0) is 16.6. The lowest BCUT2D eigenvalue weighted by molar-refractivity contribution is 0.449. The first kappa shape index (κ1) is 15.1. The van der Waals surface area contributed by atoms with Crippen molar-refractivity contribution in [3.63, 3.8) is 0 Å². The van der Waals surface area contributed by atoms with E-state index in [1.54, 1.807) is 24.7 Å². The van der Waals surface area contributed by atoms with Gasteiger partial charge in [-0.1, -0.05) is 12.1 Å². The van der Waals surface area contributed by atoms with E-state index in [-0.39, 0.29) is 0 Å². The molecule has 1 aromatic heterocycles. The van der Waals surface area contributed by atoms with Gasteiger partial charge in [-0.05, 0) is 24.6 Å². The van der Waals surface area contributed by atoms with Crippen LogP contribution in [0, 0.1) is 0 Å². The second kappa shape index (κ2) is 5.86. The number of nitrogens with zero attached hydrogens (tertiary/aromatic N) is 5. The van der Waals surface area contributed by atoms with Gasteiger partial charge >= 0.3 is 0 Å². The molecule has 2 aliphatic heterocycles. The maximum atomic E-state index is 12.2. The Morgan fingerprint density at radius 3 is 2.58 bits per heavy atom. The molecule has 1 saturated heterocycles. The van der Waals surface area contributed by atoms with Gasteiger partial charge in [-0.2, -0.15) is 8.42 Å². The summed E-state index contributed by atoms with van der Waals surface area (Å²) in [6.45, 7) is 3.10. The summed E-state index contributed by atoms with van der Waals surface area (Å²) in [7, 11) is -3.57. The molecule has 2 aliphatic rings. The molecule has 7 nitrogen and oxygen atoms in total. The smallest absolute Gasteiger partial charge is 0.285 e. The van der Waals surface area contributed by atoms with Crippen LogP contribution in [0.4, 0.5) is 5.82 Å². The topological polar surface area (TPSA) is 78.8 Å². The number of sulfonamides is 1. The van der Waals surface area contributed by atoms with E-state index in [9.17, 15) is 8.42 Å². The van der Waals surface area contributed by atoms with Crippen LogP contribution >= 0.6 is 0 Å². The first-order valence-corrected chi connectivity index (χ1v) is 9.29. The first-order chi connectivity index (χ1) is 11.6. The fraction of sp³-hybridized carbons (Fsp3) is 0.312. The number of anilines is 1. The van der Waals surface area contributed by atoms with Crippen molar-refractivity contribution in [2.24, 2.45) is 4.40 Å². The number of hydrogen-bond donors (Lipinski definition) is 0. The second-order valence-corrected chi connectivity index (χ2v) is 7.35. The van der Waals surface area contributed by atoms with Crippen molar-refractivity contribution in [2.45, 2.75) is 11.3 Å². The van der Waals surface area contributed by atoms with Crippen molar-refractivity contribution in [3.8, 4) is 0 Å². The van der Waals surface area contributed by atoms with Crippen molar-refractivity contribution in [3.05, 3.63) is 48.4 Å². The monoisotopic (exact) mass is 343 g/mol. The van der Waals surface area contributed by atoms with E-state index in [1.165, 1.54) is 0 Å². The van der Waals surface area contributed by atoms with Crippen LogP contribution in [0.15, 0.2) is 52.1 Å². The van der Waals surface area contributed by atoms with Gasteiger partial charge in [0.15, 0.2) is 5.84 Å². The minimum Gasteiger partial charge on any atom is -0.355 e. The van der Waals surface area contributed by atoms with Crippen LogP contribution in [0.5, 0.6) is 0 Å². The number of amidine groups is 1. The Kier molecular flexibility index (Phi) is 3.68. The van der Waals surface area contributed by atoms with Crippen LogP contribution in [-0.4, -0.2) is 55.3 Å². The summed E-state index contributed by atoms with van der Waals surface area (Å²) in [5, 5.41) is 0. The molecule has 1 fully saturated rings. The van der Waals surface area contributed by atoms with Gasteiger partial charge < -0.3 is 9.80 Å². The van der Waals surface area contributed by atoms with E-state index in [0.717, 1.165) is 31.9 Å². The van der Waals surface area contributed by atoms with Gasteiger partial charge in [0.1, 0.15) is 17.0 Å². The third-order valence-corrected chi connectivity index (χ3v) is 5.62. The molecule has 1 aromatic carbocycles. The maximum Gasteiger partial charge on any atom is 0.285 e. The van der Waals surface area contributed by atoms with E-state index in [2.05, 4.69) is 24.2 Å². The van der Waals surface area contributed by atoms with Gasteiger partial charge in [-0.15, -0.1) is 4.40 Å². The quantitative estimate of drug-likeness (QED) is 0.772. The molecule has 124 valence electrons. The van der Waals surface area contributed by atoms with Crippen molar-refractivity contribution >= 4 is 21.7 Å². The SMILES string of the molecule is O=S1(=O)N=C(N2CCCN(c3ccncn3)CC2)c2ccccc21. The minimum absolute atomic E-state index is 0.303. The highest BCUT2D eigenvalue weighted by atomic mass is 32.2. The van der Waals surface area contributed by atoms with Crippen LogP contribution in [-0.2, 0) is 10.0 Å². The number of rotatable bonds is 1. The number of aromatic nitrogens is 2. The van der Waals surface area contributed by atoms with Crippen molar-refractivity contribution in [1.82, 2.24) is 14.9 Å². The molecular formula is C16H17N5O2S. The Morgan fingerprint density at radius 1 is 0.958 bits per heavy atom. The Hall–Kier alpha value is -2.48. The Balaban J connectivity index is 1.59. The molecule has 24 heavy (non-hydrogen) atoms. The molecule has 4 rings (SSSR count). The fourth-order valence-electron chi connectivity index (χ4n) is 3.15. The van der Waals surface area contributed by atoms with E-state index < -0.39 is 10.0 Å². The molecule has 2 aromatic rings. The van der Waals surface area contributed by atoms with E-state index in [0.29, 0.717) is 22.8 Å². The third kappa shape index (κ3) is 2.62. The van der Waals surface area contributed by atoms with Crippen LogP contribution in [0.25, 0.3) is 0 Å². The summed E-state index contributed by atoms with van der Waals surface area (Å²) in [4.78, 5) is 12.8. The summed E-state index contributed by atoms with van der Waals surface area (Å²) < 4.78 is 28.5. The molecule has 0 unspecified atom stereocenters. The Bertz CT molecular complexity index is 882. The number of hydrogen-bond acceptors (Lipinski definition) is 6. The largest absolute Gasteiger partial charge is 0.355 e. The molecule has 0 atom stereocenters. The molecule has 0 spiro atoms. The normalized spacial score (nSPS) is 19.6. The predicted octanol–water partition coefficient (Wildman–Crippen LogP) is 1.14. The Labute approximate surface area is 140 Å². The van der Waals surface area contributed by atoms with E-state index >= 15 is 0 Å². The fourth-order valence-corrected chi connectivity index (χ4v) is 4.37. The average Bonchev–Trinajstić information content (AvgIpc) is 2.77. The zero-order valence-corrected chi connectivity index (χ0v) is 13.9. The van der Waals surface area contributed by atoms with Gasteiger partial charge in [0.25, 0.3) is 10.0 Å². The first-order valence-electron chi connectivity index (χ1n) is 7.85. The van der Waals surface area contributed by atoms with Gasteiger partial charge in [-0.25, -0.2) is 9.97 Å². The average molecular weight is 343 g/mol. The number of benzene rings is 1. The van der Waals surface area contributed by atoms with E-state index in [1.807, 2.05) is 18.2 Å². The third-order valence-electron chi connectivity index (χ3n) is 4.30. The molecule has 0 bridgehead atoms. The summed E-state index contributed by atoms with van der Waals surface area (Å²) >= 11 is 0. The standard InChI is InChI=1S/C16H17N5O2S/c22-24(23)14-5-2-1-4-13(14)16(19-24)21-9-3-8-20(10-11-21)15-6-7-17-12-18-15/h1-2,4-7,12H,3,8-11H2. The second-order valence-electron chi connectivity index (χ2n) is 5.78. The van der Waals surface area contributed by atoms with Crippen molar-refractivity contribution in [2.75, 3.05) is 31.1 Å². The highest BCUT2D eigenvalue weighted by molar-refractivity contribution is 7.90. The molecule has 0 amide bonds. The summed E-state index contributed by atoms with van der Waals surface area (Å²) in [5.41, 5.74) is 0.702. The Morgan fingerprint density at radius 2 is 1.75 bits per heavy atom. The maximum absolute atomic E-state index is 12.2. The zero-order valence-electron chi connectivity index (χ0n) is 13.0. The molecule has 0 aliphatic carbocycles. The molecule has 0 saturated carbocycles. The van der Waals surface area contributed by atoms with Gasteiger partial charge in [0.2, 0.25) is 0 Å². The lowest BCUT2D eigenvalue weighted by atomic mass is 10.2. The lowest BCUT2D eigenvalue weighted by Crippen LogP contribution is -2.35. The van der Waals surface area contributed by atoms with Gasteiger partial charge in [0.05, 0.1) is 0 Å². The van der Waals surface area contributed by atoms with Crippen molar-refractivity contribution in [1.29, 1.82) is 0 Å². The molecule has 3 heterocycles. The van der Waals surface area contributed by atoms with Gasteiger partial charge in [-0.3, -0.25) is 0 Å². The minimum atomic E-state index is -3.57. The van der Waals surface area contributed by atoms with Crippen molar-refractivity contribution < 1.29 is 8.42 Å². The molecule has 0 N–H and O–H groups in total. The molecule has 8 heteroatoms. The van der Waals surface area contributed by atoms with E-state index in [4.69, 9.17) is 0 Å². The number of fused-ring (bicyclic) bond motifs is 1. The predicted molar refractivity (Wildman–Crippen MR) is 90.6 cm³/mol. The molecule has 0 radical (unpaired) electrons. The highest BCUT2D eigenvalue weighted by Crippen LogP contribution is 2.28. The summed E-state index contributed by atoms with van der Waals surface area (Å²) in [6.07, 6.45) is 4.18. The van der Waals surface area contributed by atoms with Crippen LogP contribution in [0.3, 0.4) is 0 Å². The highest BCUT2D eigenvalue weighted by Gasteiger charge is 2.32.